The smallest absolute Gasteiger partial charge is 0.273 e. The second kappa shape index (κ2) is 9.03. The molecule has 0 amide bonds. The van der Waals surface area contributed by atoms with E-state index in [-0.39, 0.29) is 10.6 Å². The van der Waals surface area contributed by atoms with E-state index in [2.05, 4.69) is 6.92 Å². The van der Waals surface area contributed by atoms with Crippen LogP contribution in [0.2, 0.25) is 0 Å². The fraction of sp³-hybridized carbons (Fsp3) is 0.647. The predicted molar refractivity (Wildman–Crippen MR) is 91.8 cm³/mol. The van der Waals surface area contributed by atoms with E-state index >= 15 is 0 Å². The number of nitro groups is 1. The Morgan fingerprint density at radius 1 is 1.18 bits per heavy atom. The van der Waals surface area contributed by atoms with E-state index in [1.807, 2.05) is 11.8 Å². The van der Waals surface area contributed by atoms with Crippen molar-refractivity contribution in [1.82, 2.24) is 0 Å². The molecule has 1 aromatic carbocycles. The van der Waals surface area contributed by atoms with Crippen LogP contribution in [0.5, 0.6) is 5.75 Å². The zero-order chi connectivity index (χ0) is 15.8. The Hall–Kier alpha value is -1.23. The number of benzene rings is 1. The van der Waals surface area contributed by atoms with Crippen LogP contribution in [0.1, 0.15) is 51.9 Å². The van der Waals surface area contributed by atoms with Crippen molar-refractivity contribution < 1.29 is 9.66 Å². The molecule has 1 heterocycles. The van der Waals surface area contributed by atoms with E-state index in [0.29, 0.717) is 17.6 Å². The van der Waals surface area contributed by atoms with Gasteiger partial charge in [-0.15, -0.1) is 11.8 Å². The summed E-state index contributed by atoms with van der Waals surface area (Å²) in [5.41, 5.74) is 0.0876. The van der Waals surface area contributed by atoms with Crippen LogP contribution in [0.25, 0.3) is 0 Å². The monoisotopic (exact) mass is 323 g/mol. The second-order valence-electron chi connectivity index (χ2n) is 5.83. The number of hydrogen-bond acceptors (Lipinski definition) is 4. The van der Waals surface area contributed by atoms with Gasteiger partial charge in [0.1, 0.15) is 12.4 Å². The SMILES string of the molecule is CCCCCCCC[C@H]1S[C@@H]1COc1cccc([N+](=O)[O-])c1. The molecular weight excluding hydrogens is 298 g/mol. The Morgan fingerprint density at radius 2 is 1.95 bits per heavy atom. The molecule has 1 fully saturated rings. The lowest BCUT2D eigenvalue weighted by Crippen LogP contribution is -2.07. The summed E-state index contributed by atoms with van der Waals surface area (Å²) in [5, 5.41) is 12.0. The quantitative estimate of drug-likeness (QED) is 0.243. The molecule has 0 bridgehead atoms. The minimum absolute atomic E-state index is 0.0876. The molecule has 0 aliphatic carbocycles. The molecule has 1 aliphatic rings. The maximum Gasteiger partial charge on any atom is 0.273 e. The first-order valence-corrected chi connectivity index (χ1v) is 9.17. The maximum atomic E-state index is 10.7. The Kier molecular flexibility index (Phi) is 7.03. The van der Waals surface area contributed by atoms with Gasteiger partial charge in [0.05, 0.1) is 16.2 Å². The highest BCUT2D eigenvalue weighted by Gasteiger charge is 2.38. The summed E-state index contributed by atoms with van der Waals surface area (Å²) in [7, 11) is 0. The number of rotatable bonds is 11. The standard InChI is InChI=1S/C17H25NO3S/c1-2-3-4-5-6-7-11-16-17(22-16)13-21-15-10-8-9-14(12-15)18(19)20/h8-10,12,16-17H,2-7,11,13H2,1H3/t16-,17-/m1/s1. The number of non-ortho nitro benzene ring substituents is 1. The van der Waals surface area contributed by atoms with Crippen molar-refractivity contribution in [2.75, 3.05) is 6.61 Å². The fourth-order valence-electron chi connectivity index (χ4n) is 2.57. The lowest BCUT2D eigenvalue weighted by Gasteiger charge is -2.04. The first-order chi connectivity index (χ1) is 10.7. The number of unbranched alkanes of at least 4 members (excludes halogenated alkanes) is 5. The maximum absolute atomic E-state index is 10.7. The van der Waals surface area contributed by atoms with Gasteiger partial charge in [-0.3, -0.25) is 10.1 Å². The van der Waals surface area contributed by atoms with Gasteiger partial charge in [0, 0.05) is 11.3 Å². The highest BCUT2D eigenvalue weighted by atomic mass is 32.2. The molecule has 5 heteroatoms. The van der Waals surface area contributed by atoms with Crippen LogP contribution in [-0.4, -0.2) is 22.0 Å². The van der Waals surface area contributed by atoms with Crippen LogP contribution in [0.4, 0.5) is 5.69 Å². The van der Waals surface area contributed by atoms with E-state index in [1.54, 1.807) is 12.1 Å². The summed E-state index contributed by atoms with van der Waals surface area (Å²) < 4.78 is 5.69. The first kappa shape index (κ1) is 17.1. The molecule has 4 nitrogen and oxygen atoms in total. The molecular formula is C17H25NO3S. The van der Waals surface area contributed by atoms with Crippen molar-refractivity contribution in [3.8, 4) is 5.75 Å². The van der Waals surface area contributed by atoms with E-state index < -0.39 is 0 Å². The molecule has 2 atom stereocenters. The fourth-order valence-corrected chi connectivity index (χ4v) is 3.59. The minimum Gasteiger partial charge on any atom is -0.492 e. The second-order valence-corrected chi connectivity index (χ2v) is 7.32. The molecule has 0 aromatic heterocycles. The van der Waals surface area contributed by atoms with Crippen LogP contribution >= 0.6 is 11.8 Å². The molecule has 0 saturated carbocycles. The van der Waals surface area contributed by atoms with Crippen molar-refractivity contribution in [2.24, 2.45) is 0 Å². The minimum atomic E-state index is -0.389. The number of hydrogen-bond donors (Lipinski definition) is 0. The van der Waals surface area contributed by atoms with Gasteiger partial charge in [0.25, 0.3) is 5.69 Å². The number of ether oxygens (including phenoxy) is 1. The summed E-state index contributed by atoms with van der Waals surface area (Å²) in [5.74, 6) is 0.597. The molecule has 2 rings (SSSR count). The average Bonchev–Trinajstić information content (AvgIpc) is 3.27. The Labute approximate surface area is 136 Å². The third-order valence-electron chi connectivity index (χ3n) is 3.97. The van der Waals surface area contributed by atoms with E-state index in [9.17, 15) is 10.1 Å². The van der Waals surface area contributed by atoms with Crippen LogP contribution in [-0.2, 0) is 0 Å². The Bertz CT molecular complexity index is 481. The van der Waals surface area contributed by atoms with Crippen LogP contribution in [0.3, 0.4) is 0 Å². The van der Waals surface area contributed by atoms with Gasteiger partial charge in [-0.05, 0) is 12.5 Å². The van der Waals surface area contributed by atoms with Crippen LogP contribution in [0, 0.1) is 10.1 Å². The van der Waals surface area contributed by atoms with Gasteiger partial charge in [-0.25, -0.2) is 0 Å². The van der Waals surface area contributed by atoms with Crippen molar-refractivity contribution >= 4 is 17.4 Å². The molecule has 1 saturated heterocycles. The van der Waals surface area contributed by atoms with Crippen molar-refractivity contribution in [3.05, 3.63) is 34.4 Å². The summed E-state index contributed by atoms with van der Waals surface area (Å²) >= 11 is 1.98. The summed E-state index contributed by atoms with van der Waals surface area (Å²) in [4.78, 5) is 10.3. The van der Waals surface area contributed by atoms with Gasteiger partial charge in [0.15, 0.2) is 0 Å². The summed E-state index contributed by atoms with van der Waals surface area (Å²) in [6.45, 7) is 2.90. The molecule has 122 valence electrons. The topological polar surface area (TPSA) is 52.4 Å². The molecule has 22 heavy (non-hydrogen) atoms. The summed E-state index contributed by atoms with van der Waals surface area (Å²) in [6.07, 6.45) is 9.32. The zero-order valence-corrected chi connectivity index (χ0v) is 14.0. The third-order valence-corrected chi connectivity index (χ3v) is 5.39. The highest BCUT2D eigenvalue weighted by molar-refractivity contribution is 8.07. The molecule has 0 N–H and O–H groups in total. The largest absolute Gasteiger partial charge is 0.492 e. The lowest BCUT2D eigenvalue weighted by atomic mass is 10.1. The average molecular weight is 323 g/mol. The molecule has 1 aromatic rings. The highest BCUT2D eigenvalue weighted by Crippen LogP contribution is 2.44. The predicted octanol–water partition coefficient (Wildman–Crippen LogP) is 5.21. The molecule has 0 spiro atoms. The lowest BCUT2D eigenvalue weighted by molar-refractivity contribution is -0.384. The van der Waals surface area contributed by atoms with Gasteiger partial charge >= 0.3 is 0 Å². The number of thioether (sulfide) groups is 1. The van der Waals surface area contributed by atoms with Crippen molar-refractivity contribution in [1.29, 1.82) is 0 Å². The van der Waals surface area contributed by atoms with Crippen molar-refractivity contribution in [3.63, 3.8) is 0 Å². The van der Waals surface area contributed by atoms with E-state index in [0.717, 1.165) is 5.25 Å². The van der Waals surface area contributed by atoms with Gasteiger partial charge in [0.2, 0.25) is 0 Å². The van der Waals surface area contributed by atoms with Gasteiger partial charge < -0.3 is 4.74 Å². The van der Waals surface area contributed by atoms with E-state index in [1.165, 1.54) is 57.1 Å². The molecule has 0 radical (unpaired) electrons. The summed E-state index contributed by atoms with van der Waals surface area (Å²) in [6, 6.07) is 6.43. The molecule has 0 unspecified atom stereocenters. The number of nitrogens with zero attached hydrogens (tertiary/aromatic N) is 1. The molecule has 1 aliphatic heterocycles. The normalized spacial score (nSPS) is 19.9. The number of nitro benzene ring substituents is 1. The zero-order valence-electron chi connectivity index (χ0n) is 13.2. The van der Waals surface area contributed by atoms with Crippen LogP contribution < -0.4 is 4.74 Å². The van der Waals surface area contributed by atoms with Gasteiger partial charge in [-0.2, -0.15) is 0 Å². The van der Waals surface area contributed by atoms with Crippen molar-refractivity contribution in [2.45, 2.75) is 62.4 Å². The first-order valence-electron chi connectivity index (χ1n) is 8.23. The van der Waals surface area contributed by atoms with Crippen LogP contribution in [0.15, 0.2) is 24.3 Å². The Balaban J connectivity index is 1.58. The third kappa shape index (κ3) is 5.87. The van der Waals surface area contributed by atoms with Gasteiger partial charge in [-0.1, -0.05) is 51.5 Å². The van der Waals surface area contributed by atoms with E-state index in [4.69, 9.17) is 4.74 Å². The Morgan fingerprint density at radius 3 is 2.73 bits per heavy atom.